The number of aromatic nitrogens is 1. The molecule has 4 rings (SSSR count). The summed E-state index contributed by atoms with van der Waals surface area (Å²) >= 11 is 0. The first-order valence-electron chi connectivity index (χ1n) is 8.03. The maximum atomic E-state index is 13.1. The van der Waals surface area contributed by atoms with Crippen molar-refractivity contribution < 1.29 is 13.2 Å². The standard InChI is InChI=1S/C17H20N2O3S/c20-23(21,16-15-4-2-1-3-14(15)5-9-18-16)19-10-6-17(13-19)7-11-22-12-8-17/h1-5,9H,6-8,10-13H2. The molecule has 0 aliphatic carbocycles. The van der Waals surface area contributed by atoms with Crippen LogP contribution in [0.4, 0.5) is 0 Å². The Morgan fingerprint density at radius 2 is 1.87 bits per heavy atom. The predicted molar refractivity (Wildman–Crippen MR) is 87.6 cm³/mol. The first-order valence-corrected chi connectivity index (χ1v) is 9.47. The molecule has 2 aromatic rings. The Kier molecular flexibility index (Phi) is 3.63. The van der Waals surface area contributed by atoms with E-state index >= 15 is 0 Å². The third-order valence-electron chi connectivity index (χ3n) is 5.18. The van der Waals surface area contributed by atoms with Crippen LogP contribution < -0.4 is 0 Å². The molecule has 1 aromatic heterocycles. The summed E-state index contributed by atoms with van der Waals surface area (Å²) in [6, 6.07) is 9.35. The third-order valence-corrected chi connectivity index (χ3v) is 6.98. The van der Waals surface area contributed by atoms with Gasteiger partial charge in [0.2, 0.25) is 0 Å². The molecule has 2 saturated heterocycles. The van der Waals surface area contributed by atoms with Gasteiger partial charge in [-0.15, -0.1) is 0 Å². The zero-order valence-electron chi connectivity index (χ0n) is 12.9. The fraction of sp³-hybridized carbons (Fsp3) is 0.471. The average Bonchev–Trinajstić information content (AvgIpc) is 2.99. The van der Waals surface area contributed by atoms with Gasteiger partial charge in [-0.2, -0.15) is 4.31 Å². The molecule has 0 amide bonds. The maximum absolute atomic E-state index is 13.1. The number of hydrogen-bond acceptors (Lipinski definition) is 4. The van der Waals surface area contributed by atoms with Gasteiger partial charge >= 0.3 is 0 Å². The Balaban J connectivity index is 1.70. The third kappa shape index (κ3) is 2.55. The van der Waals surface area contributed by atoms with Gasteiger partial charge in [-0.25, -0.2) is 13.4 Å². The number of fused-ring (bicyclic) bond motifs is 1. The summed E-state index contributed by atoms with van der Waals surface area (Å²) in [5.41, 5.74) is 0.0932. The summed E-state index contributed by atoms with van der Waals surface area (Å²) < 4.78 is 33.3. The number of hydrogen-bond donors (Lipinski definition) is 0. The van der Waals surface area contributed by atoms with E-state index in [1.54, 1.807) is 10.5 Å². The minimum atomic E-state index is -3.56. The molecule has 5 nitrogen and oxygen atoms in total. The SMILES string of the molecule is O=S(=O)(c1nccc2ccccc12)N1CCC2(CCOCC2)C1. The first kappa shape index (κ1) is 15.1. The Bertz CT molecular complexity index is 823. The first-order chi connectivity index (χ1) is 11.1. The van der Waals surface area contributed by atoms with E-state index in [1.165, 1.54) is 0 Å². The van der Waals surface area contributed by atoms with Crippen molar-refractivity contribution in [2.45, 2.75) is 24.3 Å². The van der Waals surface area contributed by atoms with Crippen LogP contribution in [0.5, 0.6) is 0 Å². The molecule has 0 atom stereocenters. The molecule has 2 aliphatic heterocycles. The predicted octanol–water partition coefficient (Wildman–Crippen LogP) is 2.43. The zero-order valence-corrected chi connectivity index (χ0v) is 13.8. The smallest absolute Gasteiger partial charge is 0.261 e. The summed E-state index contributed by atoms with van der Waals surface area (Å²) in [5.74, 6) is 0. The van der Waals surface area contributed by atoms with Crippen LogP contribution in [0.3, 0.4) is 0 Å². The Morgan fingerprint density at radius 3 is 2.70 bits per heavy atom. The molecular weight excluding hydrogens is 312 g/mol. The van der Waals surface area contributed by atoms with Crippen molar-refractivity contribution >= 4 is 20.8 Å². The van der Waals surface area contributed by atoms with Gasteiger partial charge in [0, 0.05) is 37.9 Å². The van der Waals surface area contributed by atoms with E-state index in [0.717, 1.165) is 37.9 Å². The Morgan fingerprint density at radius 1 is 1.09 bits per heavy atom. The number of sulfonamides is 1. The molecule has 0 radical (unpaired) electrons. The van der Waals surface area contributed by atoms with Crippen molar-refractivity contribution in [2.75, 3.05) is 26.3 Å². The van der Waals surface area contributed by atoms with Crippen molar-refractivity contribution in [2.24, 2.45) is 5.41 Å². The van der Waals surface area contributed by atoms with Gasteiger partial charge in [-0.05, 0) is 36.1 Å². The van der Waals surface area contributed by atoms with Crippen molar-refractivity contribution in [3.8, 4) is 0 Å². The normalized spacial score (nSPS) is 21.9. The highest BCUT2D eigenvalue weighted by Crippen LogP contribution is 2.41. The highest BCUT2D eigenvalue weighted by atomic mass is 32.2. The number of pyridine rings is 1. The fourth-order valence-electron chi connectivity index (χ4n) is 3.73. The Hall–Kier alpha value is -1.50. The summed E-state index contributed by atoms with van der Waals surface area (Å²) in [7, 11) is -3.56. The van der Waals surface area contributed by atoms with Gasteiger partial charge in [0.25, 0.3) is 10.0 Å². The quantitative estimate of drug-likeness (QED) is 0.847. The summed E-state index contributed by atoms with van der Waals surface area (Å²) in [6.45, 7) is 2.64. The highest BCUT2D eigenvalue weighted by Gasteiger charge is 2.44. The highest BCUT2D eigenvalue weighted by molar-refractivity contribution is 7.89. The second-order valence-electron chi connectivity index (χ2n) is 6.54. The largest absolute Gasteiger partial charge is 0.381 e. The minimum absolute atomic E-state index is 0.0932. The molecule has 2 fully saturated rings. The van der Waals surface area contributed by atoms with Crippen LogP contribution in [0, 0.1) is 5.41 Å². The average molecular weight is 332 g/mol. The van der Waals surface area contributed by atoms with Crippen LogP contribution in [0.1, 0.15) is 19.3 Å². The van der Waals surface area contributed by atoms with Crippen LogP contribution >= 0.6 is 0 Å². The second-order valence-corrected chi connectivity index (χ2v) is 8.39. The van der Waals surface area contributed by atoms with E-state index in [1.807, 2.05) is 30.3 Å². The fourth-order valence-corrected chi connectivity index (χ4v) is 5.41. The van der Waals surface area contributed by atoms with Crippen molar-refractivity contribution in [3.05, 3.63) is 36.5 Å². The topological polar surface area (TPSA) is 59.5 Å². The Labute approximate surface area is 136 Å². The summed E-state index contributed by atoms with van der Waals surface area (Å²) in [5, 5.41) is 1.78. The van der Waals surface area contributed by atoms with Crippen molar-refractivity contribution in [1.29, 1.82) is 0 Å². The number of benzene rings is 1. The zero-order chi connectivity index (χ0) is 15.9. The lowest BCUT2D eigenvalue weighted by molar-refractivity contribution is 0.0222. The molecule has 2 aliphatic rings. The summed E-state index contributed by atoms with van der Waals surface area (Å²) in [4.78, 5) is 4.20. The van der Waals surface area contributed by atoms with E-state index in [4.69, 9.17) is 4.74 Å². The molecule has 6 heteroatoms. The van der Waals surface area contributed by atoms with E-state index in [2.05, 4.69) is 4.98 Å². The molecule has 0 bridgehead atoms. The van der Waals surface area contributed by atoms with E-state index < -0.39 is 10.0 Å². The number of ether oxygens (including phenoxy) is 1. The molecule has 0 unspecified atom stereocenters. The molecule has 122 valence electrons. The second kappa shape index (κ2) is 5.54. The van der Waals surface area contributed by atoms with E-state index in [-0.39, 0.29) is 10.4 Å². The van der Waals surface area contributed by atoms with Crippen LogP contribution in [0.2, 0.25) is 0 Å². The molecule has 1 aromatic carbocycles. The van der Waals surface area contributed by atoms with Crippen LogP contribution in [-0.2, 0) is 14.8 Å². The van der Waals surface area contributed by atoms with Crippen molar-refractivity contribution in [1.82, 2.24) is 9.29 Å². The number of nitrogens with zero attached hydrogens (tertiary/aromatic N) is 2. The summed E-state index contributed by atoms with van der Waals surface area (Å²) in [6.07, 6.45) is 4.39. The van der Waals surface area contributed by atoms with Crippen LogP contribution in [0.15, 0.2) is 41.6 Å². The lowest BCUT2D eigenvalue weighted by atomic mass is 9.80. The van der Waals surface area contributed by atoms with Gasteiger partial charge in [0.1, 0.15) is 0 Å². The molecule has 3 heterocycles. The molecule has 1 spiro atoms. The van der Waals surface area contributed by atoms with E-state index in [0.29, 0.717) is 18.5 Å². The maximum Gasteiger partial charge on any atom is 0.261 e. The van der Waals surface area contributed by atoms with Crippen molar-refractivity contribution in [3.63, 3.8) is 0 Å². The van der Waals surface area contributed by atoms with Gasteiger partial charge in [0.15, 0.2) is 5.03 Å². The minimum Gasteiger partial charge on any atom is -0.381 e. The monoisotopic (exact) mass is 332 g/mol. The lowest BCUT2D eigenvalue weighted by Crippen LogP contribution is -2.35. The molecule has 23 heavy (non-hydrogen) atoms. The van der Waals surface area contributed by atoms with E-state index in [9.17, 15) is 8.42 Å². The van der Waals surface area contributed by atoms with Gasteiger partial charge in [-0.3, -0.25) is 0 Å². The van der Waals surface area contributed by atoms with Crippen LogP contribution in [0.25, 0.3) is 10.8 Å². The van der Waals surface area contributed by atoms with Crippen LogP contribution in [-0.4, -0.2) is 44.0 Å². The van der Waals surface area contributed by atoms with Gasteiger partial charge in [-0.1, -0.05) is 24.3 Å². The van der Waals surface area contributed by atoms with Gasteiger partial charge in [0.05, 0.1) is 0 Å². The molecular formula is C17H20N2O3S. The molecule has 0 N–H and O–H groups in total. The van der Waals surface area contributed by atoms with Gasteiger partial charge < -0.3 is 4.74 Å². The lowest BCUT2D eigenvalue weighted by Gasteiger charge is -2.33. The number of rotatable bonds is 2. The molecule has 0 saturated carbocycles.